The Balaban J connectivity index is 2.68. The first kappa shape index (κ1) is 17.9. The summed E-state index contributed by atoms with van der Waals surface area (Å²) in [6.45, 7) is 9.45. The Morgan fingerprint density at radius 3 is 2.38 bits per heavy atom. The lowest BCUT2D eigenvalue weighted by Gasteiger charge is -2.33. The van der Waals surface area contributed by atoms with Crippen LogP contribution in [-0.4, -0.2) is 50.1 Å². The van der Waals surface area contributed by atoms with Gasteiger partial charge in [-0.3, -0.25) is 9.59 Å². The third-order valence-electron chi connectivity index (χ3n) is 3.88. The normalized spacial score (nSPS) is 22.2. The van der Waals surface area contributed by atoms with Crippen molar-refractivity contribution in [1.29, 1.82) is 0 Å². The fraction of sp³-hybridized carbons (Fsp3) is 0.867. The summed E-state index contributed by atoms with van der Waals surface area (Å²) in [5.74, 6) is -0.262. The van der Waals surface area contributed by atoms with Crippen molar-refractivity contribution >= 4 is 11.8 Å². The van der Waals surface area contributed by atoms with Crippen molar-refractivity contribution in [3.63, 3.8) is 0 Å². The molecule has 2 amide bonds. The minimum atomic E-state index is -0.539. The zero-order valence-corrected chi connectivity index (χ0v) is 13.9. The molecule has 21 heavy (non-hydrogen) atoms. The second kappa shape index (κ2) is 7.75. The molecule has 122 valence electrons. The van der Waals surface area contributed by atoms with Crippen molar-refractivity contribution in [3.8, 4) is 0 Å². The summed E-state index contributed by atoms with van der Waals surface area (Å²) < 4.78 is 0. The van der Waals surface area contributed by atoms with Crippen LogP contribution in [0, 0.1) is 5.41 Å². The van der Waals surface area contributed by atoms with Crippen LogP contribution in [0.25, 0.3) is 0 Å². The predicted molar refractivity (Wildman–Crippen MR) is 83.9 cm³/mol. The molecule has 1 fully saturated rings. The molecule has 1 aliphatic rings. The molecule has 0 aliphatic carbocycles. The van der Waals surface area contributed by atoms with E-state index in [2.05, 4.69) is 21.3 Å². The monoisotopic (exact) mass is 298 g/mol. The number of carbonyl (C=O) groups excluding carboxylic acids is 2. The maximum Gasteiger partial charge on any atom is 0.243 e. The van der Waals surface area contributed by atoms with Gasteiger partial charge in [0.1, 0.15) is 6.04 Å². The summed E-state index contributed by atoms with van der Waals surface area (Å²) in [6.07, 6.45) is 2.05. The molecular formula is C15H30N4O2. The van der Waals surface area contributed by atoms with Gasteiger partial charge in [-0.15, -0.1) is 0 Å². The molecule has 1 saturated heterocycles. The highest BCUT2D eigenvalue weighted by atomic mass is 16.2. The second-order valence-electron chi connectivity index (χ2n) is 6.87. The first-order chi connectivity index (χ1) is 9.75. The van der Waals surface area contributed by atoms with Crippen LogP contribution in [0.5, 0.6) is 0 Å². The lowest BCUT2D eigenvalue weighted by atomic mass is 9.85. The number of amides is 2. The Labute approximate surface area is 127 Å². The predicted octanol–water partition coefficient (Wildman–Crippen LogP) is -0.00660. The molecule has 6 heteroatoms. The number of carbonyl (C=O) groups is 2. The number of hydrogen-bond donors (Lipinski definition) is 4. The van der Waals surface area contributed by atoms with Crippen LogP contribution < -0.4 is 21.3 Å². The molecule has 1 heterocycles. The van der Waals surface area contributed by atoms with E-state index in [1.807, 2.05) is 20.8 Å². The summed E-state index contributed by atoms with van der Waals surface area (Å²) in [5, 5.41) is 12.1. The molecule has 1 unspecified atom stereocenters. The Morgan fingerprint density at radius 2 is 1.90 bits per heavy atom. The van der Waals surface area contributed by atoms with Crippen LogP contribution in [0.4, 0.5) is 0 Å². The second-order valence-corrected chi connectivity index (χ2v) is 6.87. The van der Waals surface area contributed by atoms with Gasteiger partial charge in [0.05, 0.1) is 6.04 Å². The molecule has 4 N–H and O–H groups in total. The first-order valence-corrected chi connectivity index (χ1v) is 7.74. The molecule has 0 radical (unpaired) electrons. The highest BCUT2D eigenvalue weighted by Crippen LogP contribution is 2.20. The van der Waals surface area contributed by atoms with Gasteiger partial charge in [0.25, 0.3) is 0 Å². The SMILES string of the molecule is CN[C@@H](C)C(=O)NC(C(=O)N[C@H]1CCCNC1)C(C)(C)C. The Kier molecular flexibility index (Phi) is 6.61. The molecule has 0 aromatic heterocycles. The number of likely N-dealkylation sites (N-methyl/N-ethyl adjacent to an activating group) is 1. The number of rotatable bonds is 5. The highest BCUT2D eigenvalue weighted by Gasteiger charge is 2.34. The molecule has 0 bridgehead atoms. The smallest absolute Gasteiger partial charge is 0.243 e. The molecule has 0 aromatic rings. The van der Waals surface area contributed by atoms with Crippen LogP contribution in [0.3, 0.4) is 0 Å². The van der Waals surface area contributed by atoms with Crippen molar-refractivity contribution in [2.75, 3.05) is 20.1 Å². The molecule has 6 nitrogen and oxygen atoms in total. The van der Waals surface area contributed by atoms with Crippen molar-refractivity contribution in [2.24, 2.45) is 5.41 Å². The van der Waals surface area contributed by atoms with E-state index < -0.39 is 6.04 Å². The van der Waals surface area contributed by atoms with Gasteiger partial charge < -0.3 is 21.3 Å². The Hall–Kier alpha value is -1.14. The fourth-order valence-corrected chi connectivity index (χ4v) is 2.33. The summed E-state index contributed by atoms with van der Waals surface area (Å²) in [6, 6.07) is -0.712. The fourth-order valence-electron chi connectivity index (χ4n) is 2.33. The van der Waals surface area contributed by atoms with E-state index >= 15 is 0 Å². The van der Waals surface area contributed by atoms with E-state index in [0.717, 1.165) is 25.9 Å². The van der Waals surface area contributed by atoms with E-state index in [1.54, 1.807) is 14.0 Å². The summed E-state index contributed by atoms with van der Waals surface area (Å²) >= 11 is 0. The zero-order valence-electron chi connectivity index (χ0n) is 13.9. The zero-order chi connectivity index (χ0) is 16.0. The van der Waals surface area contributed by atoms with Crippen molar-refractivity contribution in [3.05, 3.63) is 0 Å². The summed E-state index contributed by atoms with van der Waals surface area (Å²) in [5.41, 5.74) is -0.338. The van der Waals surface area contributed by atoms with Crippen LogP contribution in [0.2, 0.25) is 0 Å². The van der Waals surface area contributed by atoms with Gasteiger partial charge in [-0.1, -0.05) is 20.8 Å². The summed E-state index contributed by atoms with van der Waals surface area (Å²) in [4.78, 5) is 24.6. The standard InChI is InChI=1S/C15H30N4O2/c1-10(16-5)13(20)19-12(15(2,3)4)14(21)18-11-7-6-8-17-9-11/h10-12,16-17H,6-9H2,1-5H3,(H,18,21)(H,19,20)/t10-,11-,12?/m0/s1. The minimum absolute atomic E-state index is 0.104. The van der Waals surface area contributed by atoms with Crippen LogP contribution in [0.15, 0.2) is 0 Å². The van der Waals surface area contributed by atoms with Crippen molar-refractivity contribution in [1.82, 2.24) is 21.3 Å². The molecule has 0 spiro atoms. The van der Waals surface area contributed by atoms with Gasteiger partial charge in [-0.05, 0) is 38.8 Å². The topological polar surface area (TPSA) is 82.3 Å². The van der Waals surface area contributed by atoms with Gasteiger partial charge in [0.15, 0.2) is 0 Å². The lowest BCUT2D eigenvalue weighted by Crippen LogP contribution is -2.59. The van der Waals surface area contributed by atoms with Gasteiger partial charge in [0.2, 0.25) is 11.8 Å². The number of piperidine rings is 1. The minimum Gasteiger partial charge on any atom is -0.350 e. The van der Waals surface area contributed by atoms with E-state index in [0.29, 0.717) is 0 Å². The van der Waals surface area contributed by atoms with Crippen molar-refractivity contribution < 1.29 is 9.59 Å². The molecule has 1 aliphatic heterocycles. The van der Waals surface area contributed by atoms with Crippen LogP contribution >= 0.6 is 0 Å². The summed E-state index contributed by atoms with van der Waals surface area (Å²) in [7, 11) is 1.73. The average Bonchev–Trinajstić information content (AvgIpc) is 2.43. The van der Waals surface area contributed by atoms with Gasteiger partial charge in [-0.25, -0.2) is 0 Å². The molecule has 3 atom stereocenters. The Bertz CT molecular complexity index is 359. The average molecular weight is 298 g/mol. The number of nitrogens with one attached hydrogen (secondary N) is 4. The van der Waals surface area contributed by atoms with Crippen LogP contribution in [-0.2, 0) is 9.59 Å². The quantitative estimate of drug-likeness (QED) is 0.575. The van der Waals surface area contributed by atoms with Gasteiger partial charge in [-0.2, -0.15) is 0 Å². The van der Waals surface area contributed by atoms with E-state index in [-0.39, 0.29) is 29.3 Å². The largest absolute Gasteiger partial charge is 0.350 e. The van der Waals surface area contributed by atoms with Gasteiger partial charge in [0, 0.05) is 12.6 Å². The molecular weight excluding hydrogens is 268 g/mol. The maximum absolute atomic E-state index is 12.5. The maximum atomic E-state index is 12.5. The molecule has 1 rings (SSSR count). The first-order valence-electron chi connectivity index (χ1n) is 7.74. The van der Waals surface area contributed by atoms with E-state index in [4.69, 9.17) is 0 Å². The van der Waals surface area contributed by atoms with Crippen LogP contribution in [0.1, 0.15) is 40.5 Å². The van der Waals surface area contributed by atoms with E-state index in [1.165, 1.54) is 0 Å². The third kappa shape index (κ3) is 5.63. The highest BCUT2D eigenvalue weighted by molar-refractivity contribution is 5.90. The third-order valence-corrected chi connectivity index (χ3v) is 3.88. The lowest BCUT2D eigenvalue weighted by molar-refractivity contribution is -0.132. The molecule has 0 aromatic carbocycles. The Morgan fingerprint density at radius 1 is 1.24 bits per heavy atom. The van der Waals surface area contributed by atoms with Gasteiger partial charge >= 0.3 is 0 Å². The van der Waals surface area contributed by atoms with Crippen molar-refractivity contribution in [2.45, 2.75) is 58.7 Å². The number of hydrogen-bond acceptors (Lipinski definition) is 4. The molecule has 0 saturated carbocycles. The van der Waals surface area contributed by atoms with E-state index in [9.17, 15) is 9.59 Å².